The van der Waals surface area contributed by atoms with E-state index in [0.717, 1.165) is 0 Å². The third-order valence-electron chi connectivity index (χ3n) is 2.23. The van der Waals surface area contributed by atoms with E-state index >= 15 is 0 Å². The van der Waals surface area contributed by atoms with Crippen LogP contribution in [0.1, 0.15) is 53.4 Å². The van der Waals surface area contributed by atoms with E-state index in [1.54, 1.807) is 13.8 Å². The molecule has 2 N–H and O–H groups in total. The van der Waals surface area contributed by atoms with Gasteiger partial charge in [-0.25, -0.2) is 0 Å². The normalized spacial score (nSPS) is 15.2. The van der Waals surface area contributed by atoms with E-state index < -0.39 is 4.93 Å². The van der Waals surface area contributed by atoms with Gasteiger partial charge in [0.1, 0.15) is 4.93 Å². The van der Waals surface area contributed by atoms with Gasteiger partial charge in [0.05, 0.1) is 0 Å². The summed E-state index contributed by atoms with van der Waals surface area (Å²) in [6.07, 6.45) is 7.07. The van der Waals surface area contributed by atoms with E-state index in [1.807, 2.05) is 20.1 Å². The summed E-state index contributed by atoms with van der Waals surface area (Å²) < 4.78 is 0. The quantitative estimate of drug-likeness (QED) is 0.597. The Hall–Kier alpha value is 0.932. The molecule has 0 radical (unpaired) electrons. The van der Waals surface area contributed by atoms with Crippen molar-refractivity contribution >= 4 is 11.8 Å². The molecule has 0 saturated heterocycles. The fraction of sp³-hybridized carbons (Fsp3) is 1.00. The first-order valence-electron chi connectivity index (χ1n) is 5.88. The first kappa shape index (κ1) is 22.1. The Labute approximate surface area is 119 Å². The Morgan fingerprint density at radius 3 is 1.62 bits per heavy atom. The minimum absolute atomic E-state index is 0. The van der Waals surface area contributed by atoms with Gasteiger partial charge in [-0.15, -0.1) is 11.8 Å². The molecule has 0 amide bonds. The monoisotopic (exact) mass is 342 g/mol. The smallest absolute Gasteiger partial charge is 0.104 e. The van der Waals surface area contributed by atoms with E-state index in [1.165, 1.54) is 37.4 Å². The second-order valence-electron chi connectivity index (χ2n) is 3.98. The topological polar surface area (TPSA) is 40.5 Å². The van der Waals surface area contributed by atoms with Crippen LogP contribution < -0.4 is 0 Å². The maximum Gasteiger partial charge on any atom is 0.104 e. The van der Waals surface area contributed by atoms with Crippen molar-refractivity contribution in [3.05, 3.63) is 0 Å². The van der Waals surface area contributed by atoms with Crippen LogP contribution in [0.3, 0.4) is 0 Å². The number of rotatable bonds is 2. The van der Waals surface area contributed by atoms with Crippen molar-refractivity contribution in [2.75, 3.05) is 12.9 Å². The SMILES string of the molecule is CC.CSC(C)(C)O.OCC1CCCC1.[Pd]. The number of hydrogen-bond donors (Lipinski definition) is 2. The van der Waals surface area contributed by atoms with Crippen LogP contribution >= 0.6 is 11.8 Å². The van der Waals surface area contributed by atoms with Gasteiger partial charge in [0.2, 0.25) is 0 Å². The molecule has 0 atom stereocenters. The van der Waals surface area contributed by atoms with Crippen LogP contribution in [0.5, 0.6) is 0 Å². The first-order chi connectivity index (χ1) is 6.99. The molecule has 1 aliphatic rings. The van der Waals surface area contributed by atoms with E-state index in [-0.39, 0.29) is 20.4 Å². The average Bonchev–Trinajstić information content (AvgIpc) is 2.73. The van der Waals surface area contributed by atoms with Gasteiger partial charge in [0.15, 0.2) is 0 Å². The maximum absolute atomic E-state index is 8.79. The molecule has 0 aromatic carbocycles. The summed E-state index contributed by atoms with van der Waals surface area (Å²) in [5, 5.41) is 17.4. The van der Waals surface area contributed by atoms with Crippen LogP contribution in [0.15, 0.2) is 0 Å². The van der Waals surface area contributed by atoms with Crippen LogP contribution in [-0.4, -0.2) is 28.0 Å². The van der Waals surface area contributed by atoms with Gasteiger partial charge in [-0.1, -0.05) is 26.7 Å². The Morgan fingerprint density at radius 2 is 1.50 bits per heavy atom. The largest absolute Gasteiger partial charge is 0.396 e. The van der Waals surface area contributed by atoms with E-state index in [4.69, 9.17) is 10.2 Å². The molecular weight excluding hydrogens is 315 g/mol. The molecule has 104 valence electrons. The molecule has 0 unspecified atom stereocenters. The fourth-order valence-electron chi connectivity index (χ4n) is 1.19. The van der Waals surface area contributed by atoms with Gasteiger partial charge in [0, 0.05) is 27.0 Å². The molecule has 4 heteroatoms. The zero-order valence-electron chi connectivity index (χ0n) is 11.2. The molecule has 1 aliphatic carbocycles. The van der Waals surface area contributed by atoms with Crippen molar-refractivity contribution in [3.63, 3.8) is 0 Å². The van der Waals surface area contributed by atoms with Crippen molar-refractivity contribution in [3.8, 4) is 0 Å². The summed E-state index contributed by atoms with van der Waals surface area (Å²) in [5.41, 5.74) is 0. The van der Waals surface area contributed by atoms with Crippen molar-refractivity contribution in [2.24, 2.45) is 5.92 Å². The Balaban J connectivity index is -0.000000175. The molecule has 1 fully saturated rings. The van der Waals surface area contributed by atoms with Crippen molar-refractivity contribution < 1.29 is 30.6 Å². The van der Waals surface area contributed by atoms with Gasteiger partial charge in [-0.3, -0.25) is 0 Å². The van der Waals surface area contributed by atoms with E-state index in [0.29, 0.717) is 12.5 Å². The second kappa shape index (κ2) is 14.0. The third kappa shape index (κ3) is 17.3. The van der Waals surface area contributed by atoms with Crippen LogP contribution in [-0.2, 0) is 20.4 Å². The summed E-state index contributed by atoms with van der Waals surface area (Å²) in [6, 6.07) is 0. The van der Waals surface area contributed by atoms with Crippen molar-refractivity contribution in [1.82, 2.24) is 0 Å². The van der Waals surface area contributed by atoms with Gasteiger partial charge >= 0.3 is 0 Å². The third-order valence-corrected chi connectivity index (χ3v) is 3.23. The summed E-state index contributed by atoms with van der Waals surface area (Å²) in [5.74, 6) is 0.653. The summed E-state index contributed by atoms with van der Waals surface area (Å²) in [4.78, 5) is -0.542. The Morgan fingerprint density at radius 1 is 1.19 bits per heavy atom. The number of hydrogen-bond acceptors (Lipinski definition) is 3. The minimum atomic E-state index is -0.542. The molecule has 0 bridgehead atoms. The maximum atomic E-state index is 8.79. The molecule has 0 aromatic rings. The number of thioether (sulfide) groups is 1. The van der Waals surface area contributed by atoms with Crippen molar-refractivity contribution in [2.45, 2.75) is 58.3 Å². The molecule has 0 heterocycles. The molecule has 0 aromatic heterocycles. The summed E-state index contributed by atoms with van der Waals surface area (Å²) >= 11 is 1.44. The molecule has 1 rings (SSSR count). The fourth-order valence-corrected chi connectivity index (χ4v) is 1.19. The summed E-state index contributed by atoms with van der Waals surface area (Å²) in [6.45, 7) is 7.94. The minimum Gasteiger partial charge on any atom is -0.396 e. The predicted molar refractivity (Wildman–Crippen MR) is 70.2 cm³/mol. The van der Waals surface area contributed by atoms with Gasteiger partial charge < -0.3 is 10.2 Å². The number of aliphatic hydroxyl groups excluding tert-OH is 1. The zero-order chi connectivity index (χ0) is 12.3. The zero-order valence-corrected chi connectivity index (χ0v) is 13.6. The summed E-state index contributed by atoms with van der Waals surface area (Å²) in [7, 11) is 0. The second-order valence-corrected chi connectivity index (χ2v) is 5.39. The van der Waals surface area contributed by atoms with Crippen LogP contribution in [0, 0.1) is 5.92 Å². The molecular formula is C12H28O2PdS. The average molecular weight is 343 g/mol. The number of aliphatic hydroxyl groups is 2. The van der Waals surface area contributed by atoms with Crippen LogP contribution in [0.25, 0.3) is 0 Å². The molecule has 0 spiro atoms. The van der Waals surface area contributed by atoms with E-state index in [9.17, 15) is 0 Å². The van der Waals surface area contributed by atoms with Gasteiger partial charge in [0.25, 0.3) is 0 Å². The van der Waals surface area contributed by atoms with Crippen LogP contribution in [0.2, 0.25) is 0 Å². The standard InChI is InChI=1S/C6H12O.C4H10OS.C2H6.Pd/c7-5-6-3-1-2-4-6;1-4(2,5)6-3;1-2;/h6-7H,1-5H2;5H,1-3H3;1-2H3;. The first-order valence-corrected chi connectivity index (χ1v) is 7.10. The van der Waals surface area contributed by atoms with Gasteiger partial charge in [-0.2, -0.15) is 0 Å². The predicted octanol–water partition coefficient (Wildman–Crippen LogP) is 3.27. The molecule has 1 saturated carbocycles. The molecule has 16 heavy (non-hydrogen) atoms. The van der Waals surface area contributed by atoms with E-state index in [2.05, 4.69) is 0 Å². The Kier molecular flexibility index (Phi) is 19.4. The van der Waals surface area contributed by atoms with Crippen molar-refractivity contribution in [1.29, 1.82) is 0 Å². The molecule has 2 nitrogen and oxygen atoms in total. The Bertz CT molecular complexity index is 121. The van der Waals surface area contributed by atoms with Crippen LogP contribution in [0.4, 0.5) is 0 Å². The molecule has 0 aliphatic heterocycles. The van der Waals surface area contributed by atoms with Gasteiger partial charge in [-0.05, 0) is 38.9 Å².